The summed E-state index contributed by atoms with van der Waals surface area (Å²) in [6.07, 6.45) is 3.49. The number of benzene rings is 12. The molecule has 0 spiro atoms. The van der Waals surface area contributed by atoms with E-state index in [-0.39, 0.29) is 5.41 Å². The van der Waals surface area contributed by atoms with Crippen LogP contribution in [0.1, 0.15) is 67.2 Å². The molecule has 0 saturated heterocycles. The molecule has 1 fully saturated rings. The molecule has 0 N–H and O–H groups in total. The van der Waals surface area contributed by atoms with Gasteiger partial charge in [0.1, 0.15) is 0 Å². The minimum Gasteiger partial charge on any atom is -0.338 e. The molecule has 1 heterocycles. The maximum atomic E-state index is 2.68. The lowest BCUT2D eigenvalue weighted by molar-refractivity contribution is 0.361. The molecule has 2 aliphatic carbocycles. The van der Waals surface area contributed by atoms with Crippen molar-refractivity contribution in [1.29, 1.82) is 0 Å². The first-order valence-electron chi connectivity index (χ1n) is 28.3. The average molecular weight is 1010 g/mol. The quantitative estimate of drug-likeness (QED) is 0.133. The molecule has 3 atom stereocenters. The summed E-state index contributed by atoms with van der Waals surface area (Å²) in [4.78, 5) is 5.13. The molecule has 378 valence electrons. The Labute approximate surface area is 464 Å². The number of nitrogens with zero attached hydrogens (tertiary/aromatic N) is 2. The topological polar surface area (TPSA) is 6.48 Å². The van der Waals surface area contributed by atoms with E-state index in [0.717, 1.165) is 29.9 Å². The van der Waals surface area contributed by atoms with Gasteiger partial charge in [-0.1, -0.05) is 220 Å². The third kappa shape index (κ3) is 7.84. The van der Waals surface area contributed by atoms with E-state index in [0.29, 0.717) is 17.9 Å². The van der Waals surface area contributed by atoms with Crippen LogP contribution in [-0.4, -0.2) is 6.04 Å². The largest absolute Gasteiger partial charge is 0.338 e. The zero-order chi connectivity index (χ0) is 52.6. The molecule has 12 aromatic rings. The van der Waals surface area contributed by atoms with E-state index in [1.54, 1.807) is 0 Å². The van der Waals surface area contributed by atoms with Crippen molar-refractivity contribution in [1.82, 2.24) is 0 Å². The van der Waals surface area contributed by atoms with Crippen molar-refractivity contribution >= 4 is 50.0 Å². The fraction of sp³-hybridized carbons (Fsp3) is 0.117. The molecule has 79 heavy (non-hydrogen) atoms. The monoisotopic (exact) mass is 1010 g/mol. The summed E-state index contributed by atoms with van der Waals surface area (Å²) in [6, 6.07) is 102. The van der Waals surface area contributed by atoms with Crippen molar-refractivity contribution in [2.45, 2.75) is 56.4 Å². The molecule has 3 unspecified atom stereocenters. The first-order chi connectivity index (χ1) is 39.0. The van der Waals surface area contributed by atoms with Crippen LogP contribution in [0, 0.1) is 0 Å². The molecule has 2 heteroatoms. The number of rotatable bonds is 9. The zero-order valence-electron chi connectivity index (χ0n) is 44.7. The summed E-state index contributed by atoms with van der Waals surface area (Å²) < 4.78 is 0. The molecule has 0 radical (unpaired) electrons. The number of hydrogen-bond acceptors (Lipinski definition) is 2. The fourth-order valence-electron chi connectivity index (χ4n) is 14.3. The summed E-state index contributed by atoms with van der Waals surface area (Å²) in [5, 5.41) is 5.05. The summed E-state index contributed by atoms with van der Waals surface area (Å²) >= 11 is 0. The van der Waals surface area contributed by atoms with Gasteiger partial charge in [-0.05, 0) is 191 Å². The molecule has 15 rings (SSSR count). The molecular formula is C77H60N2. The Hall–Kier alpha value is -9.24. The van der Waals surface area contributed by atoms with E-state index in [4.69, 9.17) is 0 Å². The van der Waals surface area contributed by atoms with Gasteiger partial charge in [0.15, 0.2) is 0 Å². The lowest BCUT2D eigenvalue weighted by Crippen LogP contribution is -2.34. The van der Waals surface area contributed by atoms with Gasteiger partial charge in [-0.25, -0.2) is 0 Å². The number of anilines is 5. The third-order valence-corrected chi connectivity index (χ3v) is 18.0. The Morgan fingerprint density at radius 2 is 0.899 bits per heavy atom. The molecule has 2 nitrogen and oxygen atoms in total. The number of fused-ring (bicyclic) bond motifs is 8. The Morgan fingerprint density at radius 3 is 1.57 bits per heavy atom. The number of hydrogen-bond donors (Lipinski definition) is 0. The van der Waals surface area contributed by atoms with Crippen LogP contribution in [0.4, 0.5) is 28.4 Å². The van der Waals surface area contributed by atoms with Crippen LogP contribution in [0.5, 0.6) is 0 Å². The van der Waals surface area contributed by atoms with Crippen LogP contribution >= 0.6 is 0 Å². The van der Waals surface area contributed by atoms with Gasteiger partial charge in [-0.15, -0.1) is 0 Å². The van der Waals surface area contributed by atoms with Gasteiger partial charge in [0.25, 0.3) is 0 Å². The van der Waals surface area contributed by atoms with Gasteiger partial charge in [-0.3, -0.25) is 0 Å². The summed E-state index contributed by atoms with van der Waals surface area (Å²) in [5.74, 6) is 0.998. The fourth-order valence-corrected chi connectivity index (χ4v) is 14.3. The summed E-state index contributed by atoms with van der Waals surface area (Å²) in [6.45, 7) is 4.84. The van der Waals surface area contributed by atoms with Gasteiger partial charge >= 0.3 is 0 Å². The highest BCUT2D eigenvalue weighted by molar-refractivity contribution is 6.22. The molecule has 3 aliphatic rings. The Morgan fingerprint density at radius 1 is 0.380 bits per heavy atom. The van der Waals surface area contributed by atoms with E-state index < -0.39 is 0 Å². The van der Waals surface area contributed by atoms with Gasteiger partial charge in [0.2, 0.25) is 0 Å². The van der Waals surface area contributed by atoms with Crippen molar-refractivity contribution < 1.29 is 0 Å². The second kappa shape index (κ2) is 19.0. The zero-order valence-corrected chi connectivity index (χ0v) is 44.7. The minimum atomic E-state index is -0.261. The van der Waals surface area contributed by atoms with E-state index in [9.17, 15) is 0 Å². The van der Waals surface area contributed by atoms with E-state index in [1.807, 2.05) is 0 Å². The second-order valence-electron chi connectivity index (χ2n) is 22.7. The van der Waals surface area contributed by atoms with Gasteiger partial charge in [0.05, 0.1) is 0 Å². The van der Waals surface area contributed by atoms with Crippen molar-refractivity contribution in [2.24, 2.45) is 0 Å². The summed E-state index contributed by atoms with van der Waals surface area (Å²) in [7, 11) is 0. The van der Waals surface area contributed by atoms with Crippen LogP contribution in [0.2, 0.25) is 0 Å². The number of para-hydroxylation sites is 1. The molecule has 1 saturated carbocycles. The highest BCUT2D eigenvalue weighted by Gasteiger charge is 2.44. The van der Waals surface area contributed by atoms with Crippen molar-refractivity contribution in [3.63, 3.8) is 0 Å². The van der Waals surface area contributed by atoms with E-state index in [2.05, 4.69) is 297 Å². The first-order valence-corrected chi connectivity index (χ1v) is 28.3. The smallest absolute Gasteiger partial charge is 0.0465 e. The van der Waals surface area contributed by atoms with Gasteiger partial charge in [-0.2, -0.15) is 0 Å². The minimum absolute atomic E-state index is 0.261. The Bertz CT molecular complexity index is 4200. The van der Waals surface area contributed by atoms with Crippen LogP contribution in [0.25, 0.3) is 77.2 Å². The molecule has 0 bridgehead atoms. The first kappa shape index (κ1) is 47.0. The Balaban J connectivity index is 0.792. The lowest BCUT2D eigenvalue weighted by Gasteiger charge is -2.37. The lowest BCUT2D eigenvalue weighted by atomic mass is 9.73. The summed E-state index contributed by atoms with van der Waals surface area (Å²) in [5.41, 5.74) is 24.1. The van der Waals surface area contributed by atoms with Gasteiger partial charge < -0.3 is 9.80 Å². The Kier molecular flexibility index (Phi) is 11.3. The molecule has 12 aromatic carbocycles. The second-order valence-corrected chi connectivity index (χ2v) is 22.7. The predicted octanol–water partition coefficient (Wildman–Crippen LogP) is 21.0. The maximum Gasteiger partial charge on any atom is 0.0465 e. The van der Waals surface area contributed by atoms with Crippen molar-refractivity contribution in [3.05, 3.63) is 295 Å². The highest BCUT2D eigenvalue weighted by atomic mass is 15.2. The van der Waals surface area contributed by atoms with Crippen LogP contribution < -0.4 is 9.80 Å². The SMILES string of the molecule is CC1(C)c2cc(-c3c4ccccc4c(-c4ccccc4-c4ccccc4)c4ccccc34)ccc2-c2ccc(N(c3ccccc3)c3ccc(N4c5ccc(-c6ccccc6)cc5C5CC(c6ccccc6)CCC54)cc3)cc21. The van der Waals surface area contributed by atoms with Crippen molar-refractivity contribution in [2.75, 3.05) is 9.80 Å². The van der Waals surface area contributed by atoms with Crippen LogP contribution in [-0.2, 0) is 5.41 Å². The molecule has 0 aromatic heterocycles. The molecule has 1 aliphatic heterocycles. The highest BCUT2D eigenvalue weighted by Crippen LogP contribution is 2.57. The predicted molar refractivity (Wildman–Crippen MR) is 334 cm³/mol. The molecular weight excluding hydrogens is 953 g/mol. The van der Waals surface area contributed by atoms with E-state index in [1.165, 1.54) is 117 Å². The standard InChI is InChI=1S/C77H60N2/c1-77(2)71-49-56(75-65-31-17-19-33-67(65)76(68-34-20-18-32-66(68)75)64-30-16-15-29-61(64)53-25-11-5-12-26-53)35-43-62(71)63-44-42-60(50-72(63)77)78(57-27-13-6-14-28-57)58-38-40-59(41-39-58)79-73-45-36-54(51-21-7-3-8-22-51)47-69(73)70-48-55(37-46-74(70)79)52-23-9-4-10-24-52/h3-36,38-45,47,49-50,55,70,74H,37,46,48H2,1-2H3. The van der Waals surface area contributed by atoms with Crippen LogP contribution in [0.3, 0.4) is 0 Å². The molecule has 0 amide bonds. The normalized spacial score (nSPS) is 16.8. The van der Waals surface area contributed by atoms with Crippen molar-refractivity contribution in [3.8, 4) is 55.6 Å². The van der Waals surface area contributed by atoms with Gasteiger partial charge in [0, 0.05) is 45.8 Å². The maximum absolute atomic E-state index is 2.68. The van der Waals surface area contributed by atoms with Crippen LogP contribution in [0.15, 0.2) is 273 Å². The van der Waals surface area contributed by atoms with E-state index >= 15 is 0 Å². The third-order valence-electron chi connectivity index (χ3n) is 18.0. The average Bonchev–Trinajstić information content (AvgIpc) is 4.23.